The van der Waals surface area contributed by atoms with E-state index in [1.165, 1.54) is 0 Å². The van der Waals surface area contributed by atoms with Gasteiger partial charge in [-0.05, 0) is 39.0 Å². The van der Waals surface area contributed by atoms with Crippen LogP contribution in [0, 0.1) is 5.92 Å². The van der Waals surface area contributed by atoms with Crippen molar-refractivity contribution in [2.45, 2.75) is 65.1 Å². The number of likely N-dealkylation sites (tertiary alicyclic amines) is 1. The number of carbonyl (C=O) groups is 1. The summed E-state index contributed by atoms with van der Waals surface area (Å²) in [6, 6.07) is 0.659. The molecule has 1 aliphatic heterocycles. The quantitative estimate of drug-likeness (QED) is 0.779. The molecule has 0 aliphatic carbocycles. The van der Waals surface area contributed by atoms with Gasteiger partial charge in [-0.3, -0.25) is 9.69 Å². The lowest BCUT2D eigenvalue weighted by molar-refractivity contribution is -0.127. The fourth-order valence-corrected chi connectivity index (χ4v) is 2.58. The van der Waals surface area contributed by atoms with E-state index in [-0.39, 0.29) is 11.9 Å². The third-order valence-corrected chi connectivity index (χ3v) is 3.87. The molecule has 4 nitrogen and oxygen atoms in total. The van der Waals surface area contributed by atoms with Gasteiger partial charge in [-0.2, -0.15) is 0 Å². The molecule has 3 N–H and O–H groups in total. The number of amides is 1. The highest BCUT2D eigenvalue weighted by atomic mass is 16.2. The maximum Gasteiger partial charge on any atom is 0.237 e. The molecule has 0 saturated carbocycles. The number of rotatable bonds is 5. The Labute approximate surface area is 111 Å². The Hall–Kier alpha value is -0.610. The molecule has 0 aromatic rings. The van der Waals surface area contributed by atoms with Gasteiger partial charge in [0.15, 0.2) is 0 Å². The van der Waals surface area contributed by atoms with Gasteiger partial charge >= 0.3 is 0 Å². The predicted octanol–water partition coefficient (Wildman–Crippen LogP) is 1.35. The molecule has 3 unspecified atom stereocenters. The highest BCUT2D eigenvalue weighted by Crippen LogP contribution is 2.18. The number of hydrogen-bond donors (Lipinski definition) is 2. The van der Waals surface area contributed by atoms with Crippen molar-refractivity contribution in [3.05, 3.63) is 0 Å². The van der Waals surface area contributed by atoms with Crippen molar-refractivity contribution in [3.8, 4) is 0 Å². The maximum atomic E-state index is 12.1. The van der Waals surface area contributed by atoms with Crippen LogP contribution in [0.25, 0.3) is 0 Å². The van der Waals surface area contributed by atoms with E-state index in [0.29, 0.717) is 18.0 Å². The van der Waals surface area contributed by atoms with E-state index in [1.54, 1.807) is 0 Å². The Morgan fingerprint density at radius 1 is 1.44 bits per heavy atom. The number of nitrogens with zero attached hydrogens (tertiary/aromatic N) is 1. The van der Waals surface area contributed by atoms with Gasteiger partial charge < -0.3 is 11.1 Å². The number of piperidine rings is 1. The van der Waals surface area contributed by atoms with E-state index in [1.807, 2.05) is 6.92 Å². The summed E-state index contributed by atoms with van der Waals surface area (Å²) >= 11 is 0. The van der Waals surface area contributed by atoms with Gasteiger partial charge in [0.25, 0.3) is 0 Å². The molecule has 0 bridgehead atoms. The molecule has 0 radical (unpaired) electrons. The molecule has 1 rings (SSSR count). The Morgan fingerprint density at radius 2 is 2.11 bits per heavy atom. The molecular formula is C14H29N3O. The van der Waals surface area contributed by atoms with E-state index in [9.17, 15) is 4.79 Å². The van der Waals surface area contributed by atoms with Crippen LogP contribution in [0.3, 0.4) is 0 Å². The zero-order valence-electron chi connectivity index (χ0n) is 12.3. The molecule has 1 heterocycles. The van der Waals surface area contributed by atoms with Gasteiger partial charge in [0.1, 0.15) is 0 Å². The number of hydrogen-bond acceptors (Lipinski definition) is 3. The van der Waals surface area contributed by atoms with Crippen LogP contribution < -0.4 is 11.1 Å². The van der Waals surface area contributed by atoms with Crippen molar-refractivity contribution in [2.75, 3.05) is 13.1 Å². The molecule has 18 heavy (non-hydrogen) atoms. The maximum absolute atomic E-state index is 12.1. The second-order valence-electron chi connectivity index (χ2n) is 6.02. The molecule has 3 atom stereocenters. The Morgan fingerprint density at radius 3 is 2.67 bits per heavy atom. The van der Waals surface area contributed by atoms with E-state index < -0.39 is 0 Å². The molecule has 0 aromatic carbocycles. The van der Waals surface area contributed by atoms with Gasteiger partial charge in [0, 0.05) is 25.2 Å². The molecule has 4 heteroatoms. The molecular weight excluding hydrogens is 226 g/mol. The molecule has 1 aliphatic rings. The third-order valence-electron chi connectivity index (χ3n) is 3.87. The van der Waals surface area contributed by atoms with Gasteiger partial charge in [0.05, 0.1) is 6.04 Å². The molecule has 1 amide bonds. The summed E-state index contributed by atoms with van der Waals surface area (Å²) in [6.07, 6.45) is 3.02. The summed E-state index contributed by atoms with van der Waals surface area (Å²) in [5, 5.41) is 3.03. The molecule has 106 valence electrons. The molecule has 0 spiro atoms. The summed E-state index contributed by atoms with van der Waals surface area (Å²) in [7, 11) is 0. The average Bonchev–Trinajstić information content (AvgIpc) is 2.27. The van der Waals surface area contributed by atoms with Crippen molar-refractivity contribution >= 4 is 5.91 Å². The molecule has 1 fully saturated rings. The van der Waals surface area contributed by atoms with Gasteiger partial charge in [0.2, 0.25) is 5.91 Å². The lowest BCUT2D eigenvalue weighted by Crippen LogP contribution is -2.54. The van der Waals surface area contributed by atoms with Gasteiger partial charge in [-0.1, -0.05) is 13.8 Å². The molecule has 0 aromatic heterocycles. The smallest absolute Gasteiger partial charge is 0.237 e. The monoisotopic (exact) mass is 255 g/mol. The van der Waals surface area contributed by atoms with Crippen molar-refractivity contribution in [1.29, 1.82) is 0 Å². The highest BCUT2D eigenvalue weighted by Gasteiger charge is 2.30. The second-order valence-corrected chi connectivity index (χ2v) is 6.02. The van der Waals surface area contributed by atoms with Crippen LogP contribution in [-0.4, -0.2) is 42.0 Å². The molecule has 1 saturated heterocycles. The van der Waals surface area contributed by atoms with Crippen LogP contribution in [0.4, 0.5) is 0 Å². The van der Waals surface area contributed by atoms with Crippen molar-refractivity contribution < 1.29 is 4.79 Å². The van der Waals surface area contributed by atoms with Gasteiger partial charge in [-0.25, -0.2) is 0 Å². The van der Waals surface area contributed by atoms with E-state index >= 15 is 0 Å². The average molecular weight is 255 g/mol. The first kappa shape index (κ1) is 15.4. The first-order chi connectivity index (χ1) is 8.41. The normalized spacial score (nSPS) is 27.2. The van der Waals surface area contributed by atoms with Crippen LogP contribution >= 0.6 is 0 Å². The fraction of sp³-hybridized carbons (Fsp3) is 0.929. The van der Waals surface area contributed by atoms with Crippen LogP contribution in [0.15, 0.2) is 0 Å². The predicted molar refractivity (Wildman–Crippen MR) is 75.3 cm³/mol. The zero-order valence-corrected chi connectivity index (χ0v) is 12.3. The van der Waals surface area contributed by atoms with Crippen LogP contribution in [0.5, 0.6) is 0 Å². The summed E-state index contributed by atoms with van der Waals surface area (Å²) in [5.74, 6) is 0.783. The van der Waals surface area contributed by atoms with Crippen molar-refractivity contribution in [1.82, 2.24) is 10.2 Å². The zero-order chi connectivity index (χ0) is 13.7. The third kappa shape index (κ3) is 4.58. The first-order valence-electron chi connectivity index (χ1n) is 7.20. The minimum atomic E-state index is -0.0420. The standard InChI is InChI=1S/C14H29N3O/c1-10(2)5-7-16-14(18)12(4)17-8-6-13(15)9-11(17)3/h10-13H,5-9,15H2,1-4H3,(H,16,18). The summed E-state index contributed by atoms with van der Waals surface area (Å²) in [5.41, 5.74) is 5.95. The SMILES string of the molecule is CC(C)CCNC(=O)C(C)N1CCC(N)CC1C. The minimum Gasteiger partial charge on any atom is -0.355 e. The second kappa shape index (κ2) is 7.10. The van der Waals surface area contributed by atoms with Crippen molar-refractivity contribution in [2.24, 2.45) is 11.7 Å². The van der Waals surface area contributed by atoms with Crippen LogP contribution in [0.2, 0.25) is 0 Å². The van der Waals surface area contributed by atoms with E-state index in [4.69, 9.17) is 5.73 Å². The topological polar surface area (TPSA) is 58.4 Å². The Balaban J connectivity index is 2.38. The largest absolute Gasteiger partial charge is 0.355 e. The van der Waals surface area contributed by atoms with Crippen molar-refractivity contribution in [3.63, 3.8) is 0 Å². The Bertz CT molecular complexity index is 268. The summed E-state index contributed by atoms with van der Waals surface area (Å²) < 4.78 is 0. The Kier molecular flexibility index (Phi) is 6.09. The van der Waals surface area contributed by atoms with Gasteiger partial charge in [-0.15, -0.1) is 0 Å². The van der Waals surface area contributed by atoms with E-state index in [0.717, 1.165) is 32.4 Å². The number of nitrogens with two attached hydrogens (primary N) is 1. The first-order valence-corrected chi connectivity index (χ1v) is 7.20. The number of nitrogens with one attached hydrogen (secondary N) is 1. The lowest BCUT2D eigenvalue weighted by atomic mass is 9.97. The number of carbonyl (C=O) groups excluding carboxylic acids is 1. The lowest BCUT2D eigenvalue weighted by Gasteiger charge is -2.39. The summed E-state index contributed by atoms with van der Waals surface area (Å²) in [4.78, 5) is 14.3. The summed E-state index contributed by atoms with van der Waals surface area (Å²) in [6.45, 7) is 10.2. The highest BCUT2D eigenvalue weighted by molar-refractivity contribution is 5.81. The van der Waals surface area contributed by atoms with Crippen LogP contribution in [0.1, 0.15) is 47.0 Å². The van der Waals surface area contributed by atoms with Crippen LogP contribution in [-0.2, 0) is 4.79 Å². The fourth-order valence-electron chi connectivity index (χ4n) is 2.58. The van der Waals surface area contributed by atoms with E-state index in [2.05, 4.69) is 31.0 Å². The minimum absolute atomic E-state index is 0.0420.